The third-order valence-corrected chi connectivity index (χ3v) is 7.01. The molecule has 1 aliphatic carbocycles. The second-order valence-electron chi connectivity index (χ2n) is 8.99. The fraction of sp³-hybridized carbons (Fsp3) is 0.276. The van der Waals surface area contributed by atoms with E-state index in [2.05, 4.69) is 72.5 Å². The van der Waals surface area contributed by atoms with Crippen LogP contribution in [-0.2, 0) is 11.3 Å². The first kappa shape index (κ1) is 20.6. The Morgan fingerprint density at radius 2 is 1.72 bits per heavy atom. The number of methoxy groups -OCH3 is 1. The molecule has 2 aliphatic rings. The van der Waals surface area contributed by atoms with Crippen molar-refractivity contribution in [2.75, 3.05) is 7.11 Å². The zero-order valence-corrected chi connectivity index (χ0v) is 18.6. The van der Waals surface area contributed by atoms with Crippen LogP contribution in [0.3, 0.4) is 0 Å². The van der Waals surface area contributed by atoms with Crippen molar-refractivity contribution in [3.63, 3.8) is 0 Å². The molecule has 3 heteroatoms. The molecular weight excluding hydrogens is 394 g/mol. The van der Waals surface area contributed by atoms with Crippen molar-refractivity contribution < 1.29 is 9.53 Å². The van der Waals surface area contributed by atoms with Gasteiger partial charge in [0.15, 0.2) is 0 Å². The van der Waals surface area contributed by atoms with Crippen LogP contribution in [0, 0.1) is 17.8 Å². The van der Waals surface area contributed by atoms with E-state index in [1.54, 1.807) is 7.11 Å². The van der Waals surface area contributed by atoms with Gasteiger partial charge in [0, 0.05) is 18.4 Å². The summed E-state index contributed by atoms with van der Waals surface area (Å²) in [6.07, 6.45) is 5.54. The van der Waals surface area contributed by atoms with Crippen molar-refractivity contribution in [2.24, 2.45) is 17.8 Å². The summed E-state index contributed by atoms with van der Waals surface area (Å²) >= 11 is 0. The molecule has 0 radical (unpaired) electrons. The Kier molecular flexibility index (Phi) is 5.57. The van der Waals surface area contributed by atoms with Crippen molar-refractivity contribution in [2.45, 2.75) is 25.9 Å². The van der Waals surface area contributed by atoms with Gasteiger partial charge in [0.1, 0.15) is 5.75 Å². The van der Waals surface area contributed by atoms with E-state index in [9.17, 15) is 4.79 Å². The molecule has 0 aromatic heterocycles. The zero-order chi connectivity index (χ0) is 22.1. The number of rotatable bonds is 5. The first-order chi connectivity index (χ1) is 15.7. The third-order valence-electron chi connectivity index (χ3n) is 7.01. The topological polar surface area (TPSA) is 29.5 Å². The monoisotopic (exact) mass is 423 g/mol. The largest absolute Gasteiger partial charge is 0.497 e. The van der Waals surface area contributed by atoms with Gasteiger partial charge in [-0.1, -0.05) is 79.7 Å². The van der Waals surface area contributed by atoms with E-state index in [0.717, 1.165) is 23.3 Å². The molecule has 0 unspecified atom stereocenters. The number of fused-ring (bicyclic) bond motifs is 1. The quantitative estimate of drug-likeness (QED) is 0.452. The summed E-state index contributed by atoms with van der Waals surface area (Å²) in [5, 5.41) is 0. The fourth-order valence-electron chi connectivity index (χ4n) is 5.39. The number of ether oxygens (including phenoxy) is 1. The maximum atomic E-state index is 13.6. The summed E-state index contributed by atoms with van der Waals surface area (Å²) in [6.45, 7) is 2.86. The molecule has 3 aromatic rings. The van der Waals surface area contributed by atoms with E-state index in [0.29, 0.717) is 12.5 Å². The molecule has 162 valence electrons. The predicted octanol–water partition coefficient (Wildman–Crippen LogP) is 6.27. The average molecular weight is 424 g/mol. The van der Waals surface area contributed by atoms with Crippen molar-refractivity contribution in [3.8, 4) is 16.9 Å². The summed E-state index contributed by atoms with van der Waals surface area (Å²) in [6, 6.07) is 27.2. The molecule has 0 N–H and O–H groups in total. The summed E-state index contributed by atoms with van der Waals surface area (Å²) in [4.78, 5) is 15.8. The standard InChI is InChI=1S/C29H29NO2/c1-20-8-6-13-26-27(20)29(31)30(19-21-9-4-3-5-10-21)28(26)24-12-7-11-23(18-24)22-14-16-25(32-2)17-15-22/h3-7,9-18,20,26-28H,8,19H2,1-2H3/t20-,26-,27+,28+/m1/s1. The van der Waals surface area contributed by atoms with Crippen LogP contribution in [0.25, 0.3) is 11.1 Å². The van der Waals surface area contributed by atoms with E-state index >= 15 is 0 Å². The van der Waals surface area contributed by atoms with Gasteiger partial charge < -0.3 is 9.64 Å². The highest BCUT2D eigenvalue weighted by molar-refractivity contribution is 5.83. The third kappa shape index (κ3) is 3.73. The molecule has 1 aliphatic heterocycles. The van der Waals surface area contributed by atoms with Crippen LogP contribution in [0.4, 0.5) is 0 Å². The zero-order valence-electron chi connectivity index (χ0n) is 18.6. The highest BCUT2D eigenvalue weighted by atomic mass is 16.5. The van der Waals surface area contributed by atoms with Gasteiger partial charge in [-0.3, -0.25) is 4.79 Å². The molecule has 1 amide bonds. The number of hydrogen-bond acceptors (Lipinski definition) is 2. The van der Waals surface area contributed by atoms with E-state index in [1.165, 1.54) is 11.1 Å². The number of amides is 1. The van der Waals surface area contributed by atoms with Crippen LogP contribution in [0.2, 0.25) is 0 Å². The van der Waals surface area contributed by atoms with Gasteiger partial charge in [-0.15, -0.1) is 0 Å². The van der Waals surface area contributed by atoms with Gasteiger partial charge in [0.25, 0.3) is 0 Å². The minimum Gasteiger partial charge on any atom is -0.497 e. The number of allylic oxidation sites excluding steroid dienone is 1. The van der Waals surface area contributed by atoms with E-state index in [1.807, 2.05) is 30.3 Å². The smallest absolute Gasteiger partial charge is 0.227 e. The summed E-state index contributed by atoms with van der Waals surface area (Å²) in [7, 11) is 1.68. The van der Waals surface area contributed by atoms with Crippen LogP contribution in [0.5, 0.6) is 5.75 Å². The lowest BCUT2D eigenvalue weighted by molar-refractivity contribution is -0.134. The number of likely N-dealkylation sites (tertiary alicyclic amines) is 1. The van der Waals surface area contributed by atoms with Crippen molar-refractivity contribution in [1.29, 1.82) is 0 Å². The van der Waals surface area contributed by atoms with Gasteiger partial charge in [0.2, 0.25) is 5.91 Å². The van der Waals surface area contributed by atoms with Gasteiger partial charge in [-0.2, -0.15) is 0 Å². The first-order valence-corrected chi connectivity index (χ1v) is 11.4. The summed E-state index contributed by atoms with van der Waals surface area (Å²) in [5.41, 5.74) is 4.69. The van der Waals surface area contributed by atoms with Crippen LogP contribution in [0.1, 0.15) is 30.5 Å². The molecule has 1 saturated heterocycles. The molecular formula is C29H29NO2. The normalized spacial score (nSPS) is 24.4. The molecule has 32 heavy (non-hydrogen) atoms. The second kappa shape index (κ2) is 8.66. The van der Waals surface area contributed by atoms with Crippen LogP contribution >= 0.6 is 0 Å². The molecule has 3 nitrogen and oxygen atoms in total. The van der Waals surface area contributed by atoms with Crippen LogP contribution < -0.4 is 4.74 Å². The lowest BCUT2D eigenvalue weighted by Gasteiger charge is -2.30. The van der Waals surface area contributed by atoms with Crippen LogP contribution in [0.15, 0.2) is 91.0 Å². The second-order valence-corrected chi connectivity index (χ2v) is 8.99. The Morgan fingerprint density at radius 3 is 2.47 bits per heavy atom. The lowest BCUT2D eigenvalue weighted by Crippen LogP contribution is -2.30. The first-order valence-electron chi connectivity index (χ1n) is 11.4. The molecule has 5 rings (SSSR count). The van der Waals surface area contributed by atoms with Gasteiger partial charge >= 0.3 is 0 Å². The van der Waals surface area contributed by atoms with E-state index < -0.39 is 0 Å². The van der Waals surface area contributed by atoms with E-state index in [4.69, 9.17) is 4.74 Å². The SMILES string of the molecule is COc1ccc(-c2cccc([C@H]3[C@@H]4C=CC[C@@H](C)[C@@H]4C(=O)N3Cc3ccccc3)c2)cc1. The van der Waals surface area contributed by atoms with Crippen molar-refractivity contribution >= 4 is 5.91 Å². The molecule has 0 spiro atoms. The fourth-order valence-corrected chi connectivity index (χ4v) is 5.39. The lowest BCUT2D eigenvalue weighted by atomic mass is 9.75. The molecule has 4 atom stereocenters. The molecule has 3 aromatic carbocycles. The maximum Gasteiger partial charge on any atom is 0.227 e. The highest BCUT2D eigenvalue weighted by Gasteiger charge is 2.50. The molecule has 1 fully saturated rings. The van der Waals surface area contributed by atoms with Crippen LogP contribution in [-0.4, -0.2) is 17.9 Å². The number of hydrogen-bond donors (Lipinski definition) is 0. The minimum atomic E-state index is 0.0462. The number of benzene rings is 3. The number of carbonyl (C=O) groups excluding carboxylic acids is 1. The summed E-state index contributed by atoms with van der Waals surface area (Å²) in [5.74, 6) is 1.77. The predicted molar refractivity (Wildman–Crippen MR) is 128 cm³/mol. The van der Waals surface area contributed by atoms with Gasteiger partial charge in [-0.05, 0) is 52.8 Å². The molecule has 0 bridgehead atoms. The Morgan fingerprint density at radius 1 is 0.938 bits per heavy atom. The van der Waals surface area contributed by atoms with Gasteiger partial charge in [0.05, 0.1) is 13.2 Å². The Bertz CT molecular complexity index is 1120. The molecule has 0 saturated carbocycles. The maximum absolute atomic E-state index is 13.6. The Hall–Kier alpha value is -3.33. The van der Waals surface area contributed by atoms with Crippen molar-refractivity contribution in [3.05, 3.63) is 102 Å². The van der Waals surface area contributed by atoms with E-state index in [-0.39, 0.29) is 23.8 Å². The number of nitrogens with zero attached hydrogens (tertiary/aromatic N) is 1. The van der Waals surface area contributed by atoms with Gasteiger partial charge in [-0.25, -0.2) is 0 Å². The Labute approximate surface area is 190 Å². The summed E-state index contributed by atoms with van der Waals surface area (Å²) < 4.78 is 5.31. The average Bonchev–Trinajstić information content (AvgIpc) is 3.12. The molecule has 1 heterocycles. The highest BCUT2D eigenvalue weighted by Crippen LogP contribution is 2.49. The Balaban J connectivity index is 1.54. The van der Waals surface area contributed by atoms with Crippen molar-refractivity contribution in [1.82, 2.24) is 4.90 Å². The minimum absolute atomic E-state index is 0.0462. The number of carbonyl (C=O) groups is 1.